The van der Waals surface area contributed by atoms with Gasteiger partial charge in [-0.2, -0.15) is 13.2 Å². The number of ether oxygens (including phenoxy) is 1. The number of esters is 1. The fourth-order valence-electron chi connectivity index (χ4n) is 3.22. The number of halogens is 3. The number of anilines is 3. The topological polar surface area (TPSA) is 109 Å². The first-order chi connectivity index (χ1) is 14.6. The maximum atomic E-state index is 13.2. The summed E-state index contributed by atoms with van der Waals surface area (Å²) in [5.41, 5.74) is -2.15. The number of alkyl halides is 3. The molecule has 3 rings (SSSR count). The second kappa shape index (κ2) is 8.17. The van der Waals surface area contributed by atoms with Crippen molar-refractivity contribution in [2.75, 3.05) is 30.1 Å². The molecule has 2 aromatic rings. The lowest BCUT2D eigenvalue weighted by atomic mass is 10.1. The third-order valence-corrected chi connectivity index (χ3v) is 4.69. The van der Waals surface area contributed by atoms with Gasteiger partial charge in [0.2, 0.25) is 11.6 Å². The summed E-state index contributed by atoms with van der Waals surface area (Å²) in [6.45, 7) is 0. The van der Waals surface area contributed by atoms with E-state index in [1.54, 1.807) is 0 Å². The highest BCUT2D eigenvalue weighted by atomic mass is 19.4. The first-order valence-electron chi connectivity index (χ1n) is 9.06. The van der Waals surface area contributed by atoms with Gasteiger partial charge in [-0.05, 0) is 30.3 Å². The van der Waals surface area contributed by atoms with Gasteiger partial charge in [-0.3, -0.25) is 9.59 Å². The summed E-state index contributed by atoms with van der Waals surface area (Å²) >= 11 is 0. The Hall–Kier alpha value is -3.76. The SMILES string of the molecule is CNC(=O)CC1(C(=O)OC)Nc2ccc(NC(=O)c3ccccc3C(F)(F)F)cc2N1. The van der Waals surface area contributed by atoms with Crippen molar-refractivity contribution < 1.29 is 32.3 Å². The van der Waals surface area contributed by atoms with Crippen LogP contribution in [0.4, 0.5) is 30.2 Å². The number of benzene rings is 2. The number of carbonyl (C=O) groups is 3. The summed E-state index contributed by atoms with van der Waals surface area (Å²) in [5.74, 6) is -2.11. The molecule has 0 bridgehead atoms. The van der Waals surface area contributed by atoms with Gasteiger partial charge >= 0.3 is 12.1 Å². The molecule has 8 nitrogen and oxygen atoms in total. The summed E-state index contributed by atoms with van der Waals surface area (Å²) in [4.78, 5) is 36.7. The van der Waals surface area contributed by atoms with Gasteiger partial charge in [0.1, 0.15) is 0 Å². The molecule has 1 atom stereocenters. The van der Waals surface area contributed by atoms with Crippen LogP contribution in [0.5, 0.6) is 0 Å². The van der Waals surface area contributed by atoms with Gasteiger partial charge in [-0.1, -0.05) is 12.1 Å². The Morgan fingerprint density at radius 2 is 1.74 bits per heavy atom. The van der Waals surface area contributed by atoms with Crippen LogP contribution in [0, 0.1) is 0 Å². The number of carbonyl (C=O) groups excluding carboxylic acids is 3. The van der Waals surface area contributed by atoms with Crippen molar-refractivity contribution in [3.8, 4) is 0 Å². The van der Waals surface area contributed by atoms with Crippen LogP contribution >= 0.6 is 0 Å². The molecule has 0 aromatic heterocycles. The van der Waals surface area contributed by atoms with E-state index < -0.39 is 40.7 Å². The zero-order valence-corrected chi connectivity index (χ0v) is 16.5. The van der Waals surface area contributed by atoms with Gasteiger partial charge in [-0.15, -0.1) is 0 Å². The van der Waals surface area contributed by atoms with Crippen molar-refractivity contribution >= 4 is 34.8 Å². The first-order valence-corrected chi connectivity index (χ1v) is 9.06. The number of amides is 2. The van der Waals surface area contributed by atoms with Crippen LogP contribution in [0.3, 0.4) is 0 Å². The minimum absolute atomic E-state index is 0.190. The minimum atomic E-state index is -4.68. The number of fused-ring (bicyclic) bond motifs is 1. The molecule has 11 heteroatoms. The number of hydrogen-bond donors (Lipinski definition) is 4. The normalized spacial score (nSPS) is 17.1. The van der Waals surface area contributed by atoms with Gasteiger partial charge in [0.15, 0.2) is 0 Å². The Bertz CT molecular complexity index is 1040. The van der Waals surface area contributed by atoms with E-state index in [1.807, 2.05) is 0 Å². The molecular formula is C20H19F3N4O4. The van der Waals surface area contributed by atoms with Gasteiger partial charge in [0.05, 0.1) is 36.0 Å². The standard InChI is InChI=1S/C20H19F3N4O4/c1-24-16(28)10-19(18(30)31-2)26-14-8-7-11(9-15(14)27-19)25-17(29)12-5-3-4-6-13(12)20(21,22)23/h3-9,26-27H,10H2,1-2H3,(H,24,28)(H,25,29). The second-order valence-corrected chi connectivity index (χ2v) is 6.75. The Morgan fingerprint density at radius 1 is 1.06 bits per heavy atom. The molecular weight excluding hydrogens is 417 g/mol. The molecule has 0 fully saturated rings. The van der Waals surface area contributed by atoms with Crippen LogP contribution in [-0.2, 0) is 20.5 Å². The highest BCUT2D eigenvalue weighted by Crippen LogP contribution is 2.38. The largest absolute Gasteiger partial charge is 0.466 e. The molecule has 31 heavy (non-hydrogen) atoms. The molecule has 2 aromatic carbocycles. The van der Waals surface area contributed by atoms with E-state index in [4.69, 9.17) is 4.74 Å². The van der Waals surface area contributed by atoms with Gasteiger partial charge in [0, 0.05) is 12.7 Å². The van der Waals surface area contributed by atoms with Gasteiger partial charge in [0.25, 0.3) is 5.91 Å². The van der Waals surface area contributed by atoms with Crippen LogP contribution in [-0.4, -0.2) is 37.6 Å². The van der Waals surface area contributed by atoms with E-state index in [1.165, 1.54) is 44.5 Å². The molecule has 0 aliphatic carbocycles. The van der Waals surface area contributed by atoms with E-state index in [0.29, 0.717) is 11.4 Å². The Labute approximate surface area is 175 Å². The van der Waals surface area contributed by atoms with E-state index in [2.05, 4.69) is 21.3 Å². The molecule has 1 aliphatic rings. The molecule has 2 amide bonds. The summed E-state index contributed by atoms with van der Waals surface area (Å²) in [6.07, 6.45) is -4.97. The average molecular weight is 436 g/mol. The maximum Gasteiger partial charge on any atom is 0.417 e. The van der Waals surface area contributed by atoms with Crippen LogP contribution in [0.2, 0.25) is 0 Å². The zero-order valence-electron chi connectivity index (χ0n) is 16.5. The van der Waals surface area contributed by atoms with Crippen molar-refractivity contribution in [2.45, 2.75) is 18.3 Å². The second-order valence-electron chi connectivity index (χ2n) is 6.75. The van der Waals surface area contributed by atoms with Crippen molar-refractivity contribution in [1.29, 1.82) is 0 Å². The Balaban J connectivity index is 1.85. The van der Waals surface area contributed by atoms with Gasteiger partial charge < -0.3 is 26.0 Å². The molecule has 0 spiro atoms. The van der Waals surface area contributed by atoms with Crippen LogP contribution in [0.25, 0.3) is 0 Å². The van der Waals surface area contributed by atoms with Gasteiger partial charge in [-0.25, -0.2) is 4.79 Å². The fourth-order valence-corrected chi connectivity index (χ4v) is 3.22. The summed E-state index contributed by atoms with van der Waals surface area (Å²) in [6, 6.07) is 8.84. The quantitative estimate of drug-likeness (QED) is 0.537. The van der Waals surface area contributed by atoms with Crippen molar-refractivity contribution in [3.05, 3.63) is 53.6 Å². The third-order valence-electron chi connectivity index (χ3n) is 4.69. The van der Waals surface area contributed by atoms with E-state index >= 15 is 0 Å². The lowest BCUT2D eigenvalue weighted by Crippen LogP contribution is -2.53. The van der Waals surface area contributed by atoms with Crippen molar-refractivity contribution in [2.24, 2.45) is 0 Å². The third kappa shape index (κ3) is 4.39. The molecule has 164 valence electrons. The lowest BCUT2D eigenvalue weighted by Gasteiger charge is -2.26. The summed E-state index contributed by atoms with van der Waals surface area (Å²) in [7, 11) is 2.59. The van der Waals surface area contributed by atoms with Crippen LogP contribution < -0.4 is 21.3 Å². The van der Waals surface area contributed by atoms with Crippen LogP contribution in [0.15, 0.2) is 42.5 Å². The predicted molar refractivity (Wildman–Crippen MR) is 107 cm³/mol. The first kappa shape index (κ1) is 21.9. The Kier molecular flexibility index (Phi) is 5.78. The van der Waals surface area contributed by atoms with Crippen molar-refractivity contribution in [1.82, 2.24) is 5.32 Å². The monoisotopic (exact) mass is 436 g/mol. The number of hydrogen-bond acceptors (Lipinski definition) is 6. The number of methoxy groups -OCH3 is 1. The molecule has 0 saturated carbocycles. The predicted octanol–water partition coefficient (Wildman–Crippen LogP) is 2.80. The lowest BCUT2D eigenvalue weighted by molar-refractivity contribution is -0.146. The van der Waals surface area contributed by atoms with E-state index in [-0.39, 0.29) is 12.1 Å². The molecule has 0 saturated heterocycles. The zero-order chi connectivity index (χ0) is 22.8. The highest BCUT2D eigenvalue weighted by molar-refractivity contribution is 6.06. The van der Waals surface area contributed by atoms with Crippen molar-refractivity contribution in [3.63, 3.8) is 0 Å². The molecule has 1 heterocycles. The highest BCUT2D eigenvalue weighted by Gasteiger charge is 2.46. The minimum Gasteiger partial charge on any atom is -0.466 e. The smallest absolute Gasteiger partial charge is 0.417 e. The molecule has 4 N–H and O–H groups in total. The molecule has 0 radical (unpaired) electrons. The summed E-state index contributed by atoms with van der Waals surface area (Å²) in [5, 5.41) is 10.6. The van der Waals surface area contributed by atoms with E-state index in [9.17, 15) is 27.6 Å². The van der Waals surface area contributed by atoms with E-state index in [0.717, 1.165) is 12.1 Å². The summed E-state index contributed by atoms with van der Waals surface area (Å²) < 4.78 is 44.3. The maximum absolute atomic E-state index is 13.2. The molecule has 1 unspecified atom stereocenters. The van der Waals surface area contributed by atoms with Crippen LogP contribution in [0.1, 0.15) is 22.3 Å². The fraction of sp³-hybridized carbons (Fsp3) is 0.250. The number of nitrogens with one attached hydrogen (secondary N) is 4. The number of rotatable bonds is 5. The Morgan fingerprint density at radius 3 is 2.39 bits per heavy atom. The molecule has 1 aliphatic heterocycles. The average Bonchev–Trinajstić information content (AvgIpc) is 3.10.